The molecule has 0 aliphatic carbocycles. The van der Waals surface area contributed by atoms with Crippen molar-refractivity contribution in [1.29, 1.82) is 0 Å². The van der Waals surface area contributed by atoms with Gasteiger partial charge in [-0.05, 0) is 32.1 Å². The summed E-state index contributed by atoms with van der Waals surface area (Å²) < 4.78 is 33.8. The quantitative estimate of drug-likeness (QED) is 0.0392. The van der Waals surface area contributed by atoms with Crippen LogP contribution in [0.2, 0.25) is 19.6 Å². The topological polar surface area (TPSA) is 66.4 Å². The molecule has 0 saturated heterocycles. The van der Waals surface area contributed by atoms with Gasteiger partial charge in [-0.3, -0.25) is 4.18 Å². The second-order valence-electron chi connectivity index (χ2n) is 11.7. The molecule has 0 saturated carbocycles. The van der Waals surface area contributed by atoms with Gasteiger partial charge < -0.3 is 4.55 Å². The fraction of sp³-hybridized carbons (Fsp3) is 1.00. The van der Waals surface area contributed by atoms with Gasteiger partial charge in [-0.15, -0.1) is 0 Å². The molecule has 0 rings (SSSR count). The monoisotopic (exact) mass is 586 g/mol. The Bertz CT molecular complexity index is 529. The summed E-state index contributed by atoms with van der Waals surface area (Å²) in [5.74, 6) is 0. The van der Waals surface area contributed by atoms with Crippen molar-refractivity contribution in [3.05, 3.63) is 0 Å². The molecule has 0 radical (unpaired) electrons. The minimum atomic E-state index is -4.47. The van der Waals surface area contributed by atoms with Crippen molar-refractivity contribution in [2.45, 2.75) is 165 Å². The van der Waals surface area contributed by atoms with Crippen LogP contribution in [0, 0.1) is 0 Å². The van der Waals surface area contributed by atoms with Gasteiger partial charge in [0.25, 0.3) is 0 Å². The van der Waals surface area contributed by atoms with Crippen molar-refractivity contribution in [1.82, 2.24) is 0 Å². The van der Waals surface area contributed by atoms with E-state index in [9.17, 15) is 13.0 Å². The molecule has 0 aromatic heterocycles. The Morgan fingerprint density at radius 2 is 0.865 bits per heavy atom. The first-order valence-electron chi connectivity index (χ1n) is 14.9. The number of hydrogen-bond donors (Lipinski definition) is 0. The molecule has 0 aromatic rings. The highest BCUT2D eigenvalue weighted by molar-refractivity contribution is 7.80. The standard InChI is InChI=1S/C24H52P.C4H12O4SSi.2CH4/c1-5-9-13-14-15-16-17-18-19-20-24-25(21-10-6-2,22-11-7-3)23-12-8-4;1-10(2,3)4-8-9(5,6)7;;/h5-24H2,1-4H3;4H2,1-3H3,(H,5,6,7);2*1H4/q+1;;;/p-1. The molecule has 0 N–H and O–H groups in total. The van der Waals surface area contributed by atoms with Crippen molar-refractivity contribution < 1.29 is 17.2 Å². The Balaban J connectivity index is -0.000000385. The van der Waals surface area contributed by atoms with E-state index >= 15 is 0 Å². The predicted octanol–water partition coefficient (Wildman–Crippen LogP) is 10.9. The average molecular weight is 587 g/mol. The normalized spacial score (nSPS) is 11.8. The summed E-state index contributed by atoms with van der Waals surface area (Å²) in [6, 6.07) is 0. The fourth-order valence-electron chi connectivity index (χ4n) is 4.33. The van der Waals surface area contributed by atoms with Crippen molar-refractivity contribution in [2.75, 3.05) is 30.9 Å². The number of unbranched alkanes of at least 4 members (excludes halogenated alkanes) is 12. The SMILES string of the molecule is C.C.CCCCCCCCCCCC[P+](CCCC)(CCCC)CCCC.C[Si](C)(C)COS(=O)(=O)[O-]. The molecular formula is C30H71O4PSSi. The summed E-state index contributed by atoms with van der Waals surface area (Å²) in [5, 5.41) is 0. The minimum Gasteiger partial charge on any atom is -0.726 e. The van der Waals surface area contributed by atoms with Gasteiger partial charge in [0.15, 0.2) is 0 Å². The molecule has 0 atom stereocenters. The maximum absolute atomic E-state index is 9.92. The van der Waals surface area contributed by atoms with Crippen LogP contribution in [0.5, 0.6) is 0 Å². The lowest BCUT2D eigenvalue weighted by atomic mass is 10.1. The third-order valence-corrected chi connectivity index (χ3v) is 13.3. The predicted molar refractivity (Wildman–Crippen MR) is 175 cm³/mol. The molecule has 7 heteroatoms. The molecule has 0 aromatic carbocycles. The zero-order valence-electron chi connectivity index (χ0n) is 24.8. The Morgan fingerprint density at radius 3 is 1.14 bits per heavy atom. The highest BCUT2D eigenvalue weighted by Gasteiger charge is 2.34. The molecule has 0 unspecified atom stereocenters. The second kappa shape index (κ2) is 28.1. The van der Waals surface area contributed by atoms with Gasteiger partial charge in [0, 0.05) is 7.26 Å². The van der Waals surface area contributed by atoms with Gasteiger partial charge in [-0.25, -0.2) is 8.42 Å². The van der Waals surface area contributed by atoms with Crippen LogP contribution in [0.3, 0.4) is 0 Å². The first-order valence-corrected chi connectivity index (χ1v) is 22.5. The van der Waals surface area contributed by atoms with Crippen LogP contribution in [-0.4, -0.2) is 51.9 Å². The minimum absolute atomic E-state index is 0. The molecule has 37 heavy (non-hydrogen) atoms. The summed E-state index contributed by atoms with van der Waals surface area (Å²) in [4.78, 5) is 0. The Labute approximate surface area is 238 Å². The van der Waals surface area contributed by atoms with E-state index in [1.165, 1.54) is 96.3 Å². The van der Waals surface area contributed by atoms with Gasteiger partial charge in [-0.1, -0.05) is 133 Å². The fourth-order valence-corrected chi connectivity index (χ4v) is 11.5. The lowest BCUT2D eigenvalue weighted by molar-refractivity contribution is 0.296. The maximum atomic E-state index is 9.92. The zero-order chi connectivity index (χ0) is 27.1. The van der Waals surface area contributed by atoms with E-state index in [2.05, 4.69) is 31.9 Å². The van der Waals surface area contributed by atoms with E-state index in [0.717, 1.165) is 0 Å². The molecule has 4 nitrogen and oxygen atoms in total. The first-order chi connectivity index (χ1) is 16.4. The van der Waals surface area contributed by atoms with Crippen molar-refractivity contribution in [2.24, 2.45) is 0 Å². The van der Waals surface area contributed by atoms with Gasteiger partial charge >= 0.3 is 0 Å². The van der Waals surface area contributed by atoms with E-state index in [1.54, 1.807) is 31.1 Å². The maximum Gasteiger partial charge on any atom is 0.217 e. The van der Waals surface area contributed by atoms with Crippen LogP contribution in [0.25, 0.3) is 0 Å². The highest BCUT2D eigenvalue weighted by Crippen LogP contribution is 2.61. The van der Waals surface area contributed by atoms with Crippen LogP contribution in [0.4, 0.5) is 0 Å². The van der Waals surface area contributed by atoms with E-state index < -0.39 is 25.7 Å². The van der Waals surface area contributed by atoms with Gasteiger partial charge in [-0.2, -0.15) is 0 Å². The summed E-state index contributed by atoms with van der Waals surface area (Å²) >= 11 is 0. The highest BCUT2D eigenvalue weighted by atomic mass is 32.3. The van der Waals surface area contributed by atoms with E-state index in [1.807, 2.05) is 19.6 Å². The second-order valence-corrected chi connectivity index (χ2v) is 22.6. The molecule has 0 bridgehead atoms. The molecule has 0 amide bonds. The summed E-state index contributed by atoms with van der Waals surface area (Å²) in [5.41, 5.74) is 0. The van der Waals surface area contributed by atoms with Crippen molar-refractivity contribution >= 4 is 25.7 Å². The van der Waals surface area contributed by atoms with Crippen molar-refractivity contribution in [3.8, 4) is 0 Å². The molecule has 0 aliphatic rings. The lowest BCUT2D eigenvalue weighted by Gasteiger charge is -2.28. The smallest absolute Gasteiger partial charge is 0.217 e. The molecule has 230 valence electrons. The van der Waals surface area contributed by atoms with Gasteiger partial charge in [0.1, 0.15) is 0 Å². The van der Waals surface area contributed by atoms with Crippen LogP contribution in [-0.2, 0) is 14.6 Å². The number of hydrogen-bond acceptors (Lipinski definition) is 4. The third-order valence-electron chi connectivity index (χ3n) is 6.58. The lowest BCUT2D eigenvalue weighted by Crippen LogP contribution is -2.29. The third kappa shape index (κ3) is 34.5. The van der Waals surface area contributed by atoms with Crippen LogP contribution in [0.15, 0.2) is 0 Å². The Hall–Kier alpha value is 0.517. The molecule has 0 heterocycles. The van der Waals surface area contributed by atoms with E-state index in [-0.39, 0.29) is 21.1 Å². The largest absolute Gasteiger partial charge is 0.726 e. The van der Waals surface area contributed by atoms with Crippen molar-refractivity contribution in [3.63, 3.8) is 0 Å². The molecule has 0 aliphatic heterocycles. The van der Waals surface area contributed by atoms with Gasteiger partial charge in [0.05, 0.1) is 39.0 Å². The number of rotatable bonds is 23. The zero-order valence-corrected chi connectivity index (χ0v) is 27.5. The Kier molecular flexibility index (Phi) is 33.8. The Morgan fingerprint density at radius 1 is 0.568 bits per heavy atom. The van der Waals surface area contributed by atoms with Gasteiger partial charge in [0.2, 0.25) is 10.4 Å². The summed E-state index contributed by atoms with van der Waals surface area (Å²) in [6.07, 6.45) is 30.0. The van der Waals surface area contributed by atoms with E-state index in [0.29, 0.717) is 0 Å². The molecule has 0 spiro atoms. The summed E-state index contributed by atoms with van der Waals surface area (Å²) in [7, 11) is -6.66. The van der Waals surface area contributed by atoms with E-state index in [4.69, 9.17) is 0 Å². The molecule has 0 fully saturated rings. The van der Waals surface area contributed by atoms with Crippen LogP contribution >= 0.6 is 7.26 Å². The molecular weight excluding hydrogens is 515 g/mol. The summed E-state index contributed by atoms with van der Waals surface area (Å²) in [6.45, 7) is 15.2. The first kappa shape index (κ1) is 44.5. The van der Waals surface area contributed by atoms with Crippen LogP contribution in [0.1, 0.15) is 145 Å². The average Bonchev–Trinajstić information content (AvgIpc) is 2.79. The van der Waals surface area contributed by atoms with Crippen LogP contribution < -0.4 is 0 Å².